The Bertz CT molecular complexity index is 437. The fourth-order valence-corrected chi connectivity index (χ4v) is 2.34. The highest BCUT2D eigenvalue weighted by Crippen LogP contribution is 2.40. The molecule has 2 N–H and O–H groups in total. The number of hydrogen-bond acceptors (Lipinski definition) is 3. The Morgan fingerprint density at radius 3 is 2.68 bits per heavy atom. The first-order valence-electron chi connectivity index (χ1n) is 6.35. The van der Waals surface area contributed by atoms with Crippen molar-refractivity contribution in [3.05, 3.63) is 29.8 Å². The van der Waals surface area contributed by atoms with E-state index in [9.17, 15) is 13.9 Å². The predicted molar refractivity (Wildman–Crippen MR) is 68.1 cm³/mol. The van der Waals surface area contributed by atoms with Crippen LogP contribution in [-0.4, -0.2) is 23.9 Å². The predicted octanol–water partition coefficient (Wildman–Crippen LogP) is 2.54. The number of para-hydroxylation sites is 1. The highest BCUT2D eigenvalue weighted by Gasteiger charge is 2.46. The summed E-state index contributed by atoms with van der Waals surface area (Å²) in [5.41, 5.74) is 0.512. The highest BCUT2D eigenvalue weighted by atomic mass is 19.3. The molecule has 19 heavy (non-hydrogen) atoms. The van der Waals surface area contributed by atoms with Crippen LogP contribution in [0.15, 0.2) is 24.3 Å². The normalized spacial score (nSPS) is 25.2. The summed E-state index contributed by atoms with van der Waals surface area (Å²) in [6.45, 7) is 1.60. The molecule has 1 aromatic rings. The summed E-state index contributed by atoms with van der Waals surface area (Å²) in [5.74, 6) is 0.197. The Kier molecular flexibility index (Phi) is 4.06. The largest absolute Gasteiger partial charge is 0.434 e. The van der Waals surface area contributed by atoms with Crippen LogP contribution in [0.4, 0.5) is 8.78 Å². The van der Waals surface area contributed by atoms with Gasteiger partial charge >= 0.3 is 6.61 Å². The molecule has 3 nitrogen and oxygen atoms in total. The van der Waals surface area contributed by atoms with Crippen LogP contribution in [-0.2, 0) is 6.54 Å². The average molecular weight is 271 g/mol. The van der Waals surface area contributed by atoms with Crippen LogP contribution < -0.4 is 10.1 Å². The minimum absolute atomic E-state index is 0.182. The summed E-state index contributed by atoms with van der Waals surface area (Å²) in [6, 6.07) is 6.92. The molecule has 1 aliphatic rings. The summed E-state index contributed by atoms with van der Waals surface area (Å²) in [4.78, 5) is 0. The number of nitrogens with one attached hydrogen (secondary N) is 1. The van der Waals surface area contributed by atoms with Gasteiger partial charge in [0.05, 0.1) is 6.10 Å². The zero-order chi connectivity index (χ0) is 14.0. The molecule has 0 saturated heterocycles. The second-order valence-corrected chi connectivity index (χ2v) is 5.49. The molecule has 1 aromatic carbocycles. The quantitative estimate of drug-likeness (QED) is 0.864. The van der Waals surface area contributed by atoms with Crippen LogP contribution in [0.25, 0.3) is 0 Å². The first-order valence-corrected chi connectivity index (χ1v) is 6.35. The van der Waals surface area contributed by atoms with E-state index in [1.807, 2.05) is 13.8 Å². The van der Waals surface area contributed by atoms with E-state index >= 15 is 0 Å². The highest BCUT2D eigenvalue weighted by molar-refractivity contribution is 5.33. The second kappa shape index (κ2) is 5.43. The fourth-order valence-electron chi connectivity index (χ4n) is 2.34. The molecular formula is C14H19F2NO2. The molecule has 2 unspecified atom stereocenters. The van der Waals surface area contributed by atoms with Crippen LogP contribution in [0.5, 0.6) is 5.75 Å². The van der Waals surface area contributed by atoms with Gasteiger partial charge in [0, 0.05) is 23.6 Å². The molecule has 0 heterocycles. The summed E-state index contributed by atoms with van der Waals surface area (Å²) in [5, 5.41) is 12.9. The minimum atomic E-state index is -2.82. The van der Waals surface area contributed by atoms with Gasteiger partial charge in [-0.2, -0.15) is 8.78 Å². The van der Waals surface area contributed by atoms with Crippen LogP contribution >= 0.6 is 0 Å². The lowest BCUT2D eigenvalue weighted by Gasteiger charge is -2.49. The van der Waals surface area contributed by atoms with Crippen molar-refractivity contribution < 1.29 is 18.6 Å². The van der Waals surface area contributed by atoms with Gasteiger partial charge in [0.25, 0.3) is 0 Å². The first-order chi connectivity index (χ1) is 8.91. The van der Waals surface area contributed by atoms with Crippen molar-refractivity contribution in [1.82, 2.24) is 5.32 Å². The molecule has 0 spiro atoms. The third kappa shape index (κ3) is 3.04. The molecule has 0 amide bonds. The summed E-state index contributed by atoms with van der Waals surface area (Å²) < 4.78 is 29.0. The maximum absolute atomic E-state index is 12.3. The van der Waals surface area contributed by atoms with Gasteiger partial charge < -0.3 is 15.2 Å². The molecule has 0 aliphatic heterocycles. The number of alkyl halides is 2. The maximum Gasteiger partial charge on any atom is 0.387 e. The number of aliphatic hydroxyl groups excluding tert-OH is 1. The Balaban J connectivity index is 1.97. The Morgan fingerprint density at radius 2 is 2.11 bits per heavy atom. The van der Waals surface area contributed by atoms with Gasteiger partial charge in [0.2, 0.25) is 0 Å². The maximum atomic E-state index is 12.3. The van der Waals surface area contributed by atoms with Crippen LogP contribution in [0.3, 0.4) is 0 Å². The van der Waals surface area contributed by atoms with E-state index in [2.05, 4.69) is 10.1 Å². The molecule has 2 rings (SSSR count). The number of rotatable bonds is 5. The number of aliphatic hydroxyl groups is 1. The molecule has 5 heteroatoms. The van der Waals surface area contributed by atoms with Gasteiger partial charge in [-0.15, -0.1) is 0 Å². The van der Waals surface area contributed by atoms with E-state index in [4.69, 9.17) is 0 Å². The summed E-state index contributed by atoms with van der Waals surface area (Å²) in [6.07, 6.45) is 0.378. The lowest BCUT2D eigenvalue weighted by atomic mass is 9.64. The Labute approximate surface area is 111 Å². The van der Waals surface area contributed by atoms with Crippen LogP contribution in [0, 0.1) is 5.41 Å². The van der Waals surface area contributed by atoms with Crippen molar-refractivity contribution in [2.75, 3.05) is 0 Å². The van der Waals surface area contributed by atoms with Gasteiger partial charge in [0.15, 0.2) is 0 Å². The van der Waals surface area contributed by atoms with Crippen molar-refractivity contribution in [1.29, 1.82) is 0 Å². The Hall–Kier alpha value is -1.20. The van der Waals surface area contributed by atoms with Crippen molar-refractivity contribution in [2.45, 2.75) is 45.6 Å². The van der Waals surface area contributed by atoms with Crippen LogP contribution in [0.2, 0.25) is 0 Å². The van der Waals surface area contributed by atoms with E-state index in [-0.39, 0.29) is 23.3 Å². The van der Waals surface area contributed by atoms with Gasteiger partial charge in [0.1, 0.15) is 5.75 Å². The minimum Gasteiger partial charge on any atom is -0.434 e. The molecule has 0 bridgehead atoms. The second-order valence-electron chi connectivity index (χ2n) is 5.49. The number of benzene rings is 1. The van der Waals surface area contributed by atoms with Crippen molar-refractivity contribution >= 4 is 0 Å². The zero-order valence-electron chi connectivity index (χ0n) is 11.1. The molecule has 2 atom stereocenters. The SMILES string of the molecule is CC1(C)C(O)CC1NCc1ccccc1OC(F)F. The van der Waals surface area contributed by atoms with E-state index < -0.39 is 6.61 Å². The van der Waals surface area contributed by atoms with Crippen molar-refractivity contribution in [2.24, 2.45) is 5.41 Å². The van der Waals surface area contributed by atoms with Gasteiger partial charge in [-0.05, 0) is 12.5 Å². The zero-order valence-corrected chi connectivity index (χ0v) is 11.1. The molecule has 1 aliphatic carbocycles. The van der Waals surface area contributed by atoms with Gasteiger partial charge in [-0.1, -0.05) is 32.0 Å². The van der Waals surface area contributed by atoms with E-state index in [1.54, 1.807) is 18.2 Å². The molecule has 0 radical (unpaired) electrons. The van der Waals surface area contributed by atoms with Crippen molar-refractivity contribution in [3.63, 3.8) is 0 Å². The summed E-state index contributed by atoms with van der Waals surface area (Å²) in [7, 11) is 0. The number of halogens is 2. The monoisotopic (exact) mass is 271 g/mol. The Morgan fingerprint density at radius 1 is 1.42 bits per heavy atom. The number of ether oxygens (including phenoxy) is 1. The number of hydrogen-bond donors (Lipinski definition) is 2. The molecular weight excluding hydrogens is 252 g/mol. The lowest BCUT2D eigenvalue weighted by molar-refractivity contribution is -0.0733. The lowest BCUT2D eigenvalue weighted by Crippen LogP contribution is -2.59. The average Bonchev–Trinajstić information content (AvgIpc) is 2.35. The van der Waals surface area contributed by atoms with Gasteiger partial charge in [-0.3, -0.25) is 0 Å². The molecule has 1 saturated carbocycles. The van der Waals surface area contributed by atoms with Crippen LogP contribution in [0.1, 0.15) is 25.8 Å². The standard InChI is InChI=1S/C14H19F2NO2/c1-14(2)11(7-12(14)18)17-8-9-5-3-4-6-10(9)19-13(15)16/h3-6,11-13,17-18H,7-8H2,1-2H3. The molecule has 106 valence electrons. The fraction of sp³-hybridized carbons (Fsp3) is 0.571. The smallest absolute Gasteiger partial charge is 0.387 e. The summed E-state index contributed by atoms with van der Waals surface area (Å²) >= 11 is 0. The third-order valence-corrected chi connectivity index (χ3v) is 3.94. The van der Waals surface area contributed by atoms with Crippen molar-refractivity contribution in [3.8, 4) is 5.75 Å². The van der Waals surface area contributed by atoms with E-state index in [1.165, 1.54) is 6.07 Å². The molecule has 0 aromatic heterocycles. The van der Waals surface area contributed by atoms with Gasteiger partial charge in [-0.25, -0.2) is 0 Å². The topological polar surface area (TPSA) is 41.5 Å². The van der Waals surface area contributed by atoms with E-state index in [0.29, 0.717) is 18.5 Å². The van der Waals surface area contributed by atoms with E-state index in [0.717, 1.165) is 0 Å². The molecule has 1 fully saturated rings. The first kappa shape index (κ1) is 14.2. The third-order valence-electron chi connectivity index (χ3n) is 3.94.